The van der Waals surface area contributed by atoms with Gasteiger partial charge in [0.15, 0.2) is 0 Å². The van der Waals surface area contributed by atoms with Gasteiger partial charge in [0.1, 0.15) is 0 Å². The highest BCUT2D eigenvalue weighted by molar-refractivity contribution is 5.10. The minimum atomic E-state index is 0.616. The largest absolute Gasteiger partial charge is 0.328 e. The van der Waals surface area contributed by atoms with Crippen molar-refractivity contribution in [2.75, 3.05) is 13.1 Å². The van der Waals surface area contributed by atoms with Crippen LogP contribution in [0.3, 0.4) is 0 Å². The molecule has 0 radical (unpaired) electrons. The molecule has 2 aromatic rings. The third kappa shape index (κ3) is 2.41. The Kier molecular flexibility index (Phi) is 3.32. The first kappa shape index (κ1) is 11.3. The molecule has 3 heterocycles. The molecule has 1 fully saturated rings. The lowest BCUT2D eigenvalue weighted by Crippen LogP contribution is -2.27. The molecule has 0 spiro atoms. The summed E-state index contributed by atoms with van der Waals surface area (Å²) in [6.45, 7) is 2.95. The van der Waals surface area contributed by atoms with Crippen LogP contribution in [0.25, 0.3) is 0 Å². The maximum atomic E-state index is 4.29. The van der Waals surface area contributed by atoms with E-state index in [2.05, 4.69) is 25.1 Å². The Morgan fingerprint density at radius 2 is 2.22 bits per heavy atom. The van der Waals surface area contributed by atoms with Crippen LogP contribution in [0, 0.1) is 0 Å². The van der Waals surface area contributed by atoms with E-state index in [0.29, 0.717) is 5.92 Å². The van der Waals surface area contributed by atoms with Crippen LogP contribution in [0.15, 0.2) is 30.9 Å². The van der Waals surface area contributed by atoms with Crippen LogP contribution in [0.2, 0.25) is 0 Å². The summed E-state index contributed by atoms with van der Waals surface area (Å²) in [5, 5.41) is 11.4. The van der Waals surface area contributed by atoms with Crippen LogP contribution >= 0.6 is 0 Å². The van der Waals surface area contributed by atoms with Gasteiger partial charge in [-0.2, -0.15) is 10.2 Å². The zero-order valence-corrected chi connectivity index (χ0v) is 10.3. The third-order valence-corrected chi connectivity index (χ3v) is 3.46. The van der Waals surface area contributed by atoms with E-state index in [1.165, 1.54) is 18.5 Å². The smallest absolute Gasteiger partial charge is 0.0951 e. The molecule has 0 aliphatic carbocycles. The second-order valence-electron chi connectivity index (χ2n) is 4.69. The Morgan fingerprint density at radius 3 is 3.00 bits per heavy atom. The first-order valence-corrected chi connectivity index (χ1v) is 6.41. The van der Waals surface area contributed by atoms with Crippen LogP contribution in [0.1, 0.15) is 30.1 Å². The molecule has 0 aromatic carbocycles. The first-order valence-electron chi connectivity index (χ1n) is 6.41. The molecule has 5 nitrogen and oxygen atoms in total. The summed E-state index contributed by atoms with van der Waals surface area (Å²) in [6.07, 6.45) is 7.96. The summed E-state index contributed by atoms with van der Waals surface area (Å²) in [7, 11) is 0. The van der Waals surface area contributed by atoms with E-state index in [4.69, 9.17) is 0 Å². The van der Waals surface area contributed by atoms with Gasteiger partial charge < -0.3 is 9.88 Å². The standard InChI is InChI=1S/C13H17N5/c1-2-12(17-16-5-1)9-18-10-15-8-13(18)11-3-6-14-7-4-11/h1-2,5,8,10-11,14H,3-4,6-7,9H2. The summed E-state index contributed by atoms with van der Waals surface area (Å²) >= 11 is 0. The predicted octanol–water partition coefficient (Wildman–Crippen LogP) is 1.19. The summed E-state index contributed by atoms with van der Waals surface area (Å²) in [5.41, 5.74) is 2.30. The SMILES string of the molecule is c1cnnc(Cn2cncc2C2CCNCC2)c1. The normalized spacial score (nSPS) is 16.9. The zero-order valence-electron chi connectivity index (χ0n) is 10.3. The maximum Gasteiger partial charge on any atom is 0.0951 e. The predicted molar refractivity (Wildman–Crippen MR) is 68.2 cm³/mol. The molecule has 94 valence electrons. The summed E-state index contributed by atoms with van der Waals surface area (Å²) in [6, 6.07) is 3.92. The number of hydrogen-bond donors (Lipinski definition) is 1. The maximum absolute atomic E-state index is 4.29. The van der Waals surface area contributed by atoms with E-state index in [1.807, 2.05) is 24.7 Å². The van der Waals surface area contributed by atoms with Gasteiger partial charge in [0.2, 0.25) is 0 Å². The fourth-order valence-corrected chi connectivity index (χ4v) is 2.51. The van der Waals surface area contributed by atoms with Crippen molar-refractivity contribution in [1.29, 1.82) is 0 Å². The molecule has 1 saturated heterocycles. The molecular weight excluding hydrogens is 226 g/mol. The molecular formula is C13H17N5. The highest BCUT2D eigenvalue weighted by Gasteiger charge is 2.18. The Hall–Kier alpha value is -1.75. The number of nitrogens with one attached hydrogen (secondary N) is 1. The van der Waals surface area contributed by atoms with E-state index < -0.39 is 0 Å². The van der Waals surface area contributed by atoms with Crippen LogP contribution in [-0.2, 0) is 6.54 Å². The van der Waals surface area contributed by atoms with Gasteiger partial charge >= 0.3 is 0 Å². The van der Waals surface area contributed by atoms with Crippen molar-refractivity contribution in [3.05, 3.63) is 42.2 Å². The second-order valence-corrected chi connectivity index (χ2v) is 4.69. The number of imidazole rings is 1. The monoisotopic (exact) mass is 243 g/mol. The lowest BCUT2D eigenvalue weighted by molar-refractivity contribution is 0.441. The number of piperidine rings is 1. The number of aromatic nitrogens is 4. The molecule has 0 unspecified atom stereocenters. The van der Waals surface area contributed by atoms with Crippen molar-refractivity contribution in [2.24, 2.45) is 0 Å². The van der Waals surface area contributed by atoms with E-state index in [9.17, 15) is 0 Å². The molecule has 0 bridgehead atoms. The number of rotatable bonds is 3. The second kappa shape index (κ2) is 5.27. The zero-order chi connectivity index (χ0) is 12.2. The fraction of sp³-hybridized carbons (Fsp3) is 0.462. The average Bonchev–Trinajstić information content (AvgIpc) is 2.89. The number of nitrogens with zero attached hydrogens (tertiary/aromatic N) is 4. The molecule has 1 aliphatic rings. The fourth-order valence-electron chi connectivity index (χ4n) is 2.51. The molecule has 1 N–H and O–H groups in total. The summed E-state index contributed by atoms with van der Waals surface area (Å²) in [4.78, 5) is 4.29. The quantitative estimate of drug-likeness (QED) is 0.879. The van der Waals surface area contributed by atoms with Crippen molar-refractivity contribution >= 4 is 0 Å². The summed E-state index contributed by atoms with van der Waals surface area (Å²) in [5.74, 6) is 0.616. The molecule has 18 heavy (non-hydrogen) atoms. The van der Waals surface area contributed by atoms with Crippen molar-refractivity contribution in [2.45, 2.75) is 25.3 Å². The molecule has 3 rings (SSSR count). The van der Waals surface area contributed by atoms with Gasteiger partial charge in [-0.05, 0) is 38.1 Å². The minimum Gasteiger partial charge on any atom is -0.328 e. The molecule has 0 amide bonds. The molecule has 1 aliphatic heterocycles. The molecule has 2 aromatic heterocycles. The Labute approximate surface area is 106 Å². The Bertz CT molecular complexity index is 487. The van der Waals surface area contributed by atoms with E-state index in [1.54, 1.807) is 6.20 Å². The highest BCUT2D eigenvalue weighted by Crippen LogP contribution is 2.25. The topological polar surface area (TPSA) is 55.6 Å². The Morgan fingerprint density at radius 1 is 1.33 bits per heavy atom. The van der Waals surface area contributed by atoms with Gasteiger partial charge in [-0.1, -0.05) is 0 Å². The van der Waals surface area contributed by atoms with E-state index in [0.717, 1.165) is 25.3 Å². The van der Waals surface area contributed by atoms with Crippen LogP contribution < -0.4 is 5.32 Å². The van der Waals surface area contributed by atoms with E-state index in [-0.39, 0.29) is 0 Å². The van der Waals surface area contributed by atoms with Gasteiger partial charge in [-0.3, -0.25) is 0 Å². The van der Waals surface area contributed by atoms with Crippen molar-refractivity contribution in [3.8, 4) is 0 Å². The molecule has 0 atom stereocenters. The lowest BCUT2D eigenvalue weighted by Gasteiger charge is -2.23. The van der Waals surface area contributed by atoms with Crippen molar-refractivity contribution in [1.82, 2.24) is 25.1 Å². The number of hydrogen-bond acceptors (Lipinski definition) is 4. The van der Waals surface area contributed by atoms with Crippen LogP contribution in [0.4, 0.5) is 0 Å². The van der Waals surface area contributed by atoms with Crippen molar-refractivity contribution < 1.29 is 0 Å². The van der Waals surface area contributed by atoms with Gasteiger partial charge in [0.05, 0.1) is 18.6 Å². The van der Waals surface area contributed by atoms with Gasteiger partial charge in [-0.15, -0.1) is 0 Å². The van der Waals surface area contributed by atoms with Gasteiger partial charge in [0.25, 0.3) is 0 Å². The van der Waals surface area contributed by atoms with Gasteiger partial charge in [0, 0.05) is 24.0 Å². The average molecular weight is 243 g/mol. The lowest BCUT2D eigenvalue weighted by atomic mass is 9.95. The molecule has 0 saturated carbocycles. The molecule has 5 heteroatoms. The highest BCUT2D eigenvalue weighted by atomic mass is 15.1. The Balaban J connectivity index is 1.78. The summed E-state index contributed by atoms with van der Waals surface area (Å²) < 4.78 is 2.19. The third-order valence-electron chi connectivity index (χ3n) is 3.46. The van der Waals surface area contributed by atoms with Crippen LogP contribution in [-0.4, -0.2) is 32.8 Å². The van der Waals surface area contributed by atoms with Crippen LogP contribution in [0.5, 0.6) is 0 Å². The minimum absolute atomic E-state index is 0.616. The first-order chi connectivity index (χ1) is 8.93. The van der Waals surface area contributed by atoms with Crippen molar-refractivity contribution in [3.63, 3.8) is 0 Å². The van der Waals surface area contributed by atoms with E-state index >= 15 is 0 Å². The van der Waals surface area contributed by atoms with Gasteiger partial charge in [-0.25, -0.2) is 4.98 Å².